The largest absolute Gasteiger partial charge is 0.467 e. The molecule has 25 heavy (non-hydrogen) atoms. The van der Waals surface area contributed by atoms with Crippen LogP contribution in [0.4, 0.5) is 0 Å². The van der Waals surface area contributed by atoms with E-state index in [1.165, 1.54) is 0 Å². The Morgan fingerprint density at radius 2 is 2.12 bits per heavy atom. The lowest BCUT2D eigenvalue weighted by molar-refractivity contribution is -0.142. The average molecular weight is 346 g/mol. The van der Waals surface area contributed by atoms with Gasteiger partial charge in [0.05, 0.1) is 18.9 Å². The number of hydrogen-bond acceptors (Lipinski definition) is 4. The van der Waals surface area contributed by atoms with Crippen molar-refractivity contribution in [1.82, 2.24) is 9.80 Å². The highest BCUT2D eigenvalue weighted by atomic mass is 16.5. The van der Waals surface area contributed by atoms with Crippen LogP contribution in [0.2, 0.25) is 0 Å². The molecular weight excluding hydrogens is 320 g/mol. The van der Waals surface area contributed by atoms with E-state index < -0.39 is 0 Å². The zero-order valence-electron chi connectivity index (χ0n) is 14.6. The van der Waals surface area contributed by atoms with Gasteiger partial charge in [0, 0.05) is 25.6 Å². The quantitative estimate of drug-likeness (QED) is 0.643. The molecule has 6 nitrogen and oxygen atoms in total. The second-order valence-corrected chi connectivity index (χ2v) is 6.77. The summed E-state index contributed by atoms with van der Waals surface area (Å²) < 4.78 is 11.1. The Morgan fingerprint density at radius 3 is 2.72 bits per heavy atom. The van der Waals surface area contributed by atoms with E-state index >= 15 is 0 Å². The first kappa shape index (κ1) is 17.7. The van der Waals surface area contributed by atoms with Gasteiger partial charge in [-0.2, -0.15) is 0 Å². The van der Waals surface area contributed by atoms with Gasteiger partial charge in [-0.1, -0.05) is 6.08 Å². The van der Waals surface area contributed by atoms with Crippen LogP contribution in [0.3, 0.4) is 0 Å². The fraction of sp³-hybridized carbons (Fsp3) is 0.579. The van der Waals surface area contributed by atoms with Gasteiger partial charge >= 0.3 is 0 Å². The summed E-state index contributed by atoms with van der Waals surface area (Å²) in [4.78, 5) is 28.6. The Hall–Kier alpha value is -2.08. The number of furan rings is 1. The number of amides is 2. The lowest BCUT2D eigenvalue weighted by Crippen LogP contribution is -2.45. The Bertz CT molecular complexity index is 589. The molecule has 3 rings (SSSR count). The van der Waals surface area contributed by atoms with Crippen molar-refractivity contribution in [2.24, 2.45) is 5.92 Å². The highest BCUT2D eigenvalue weighted by Crippen LogP contribution is 2.31. The summed E-state index contributed by atoms with van der Waals surface area (Å²) in [6, 6.07) is 3.66. The number of hydrogen-bond donors (Lipinski definition) is 0. The third kappa shape index (κ3) is 4.95. The molecule has 1 saturated carbocycles. The maximum atomic E-state index is 12.9. The van der Waals surface area contributed by atoms with Crippen molar-refractivity contribution < 1.29 is 18.7 Å². The van der Waals surface area contributed by atoms with E-state index in [1.54, 1.807) is 22.1 Å². The number of ether oxygens (including phenoxy) is 1. The van der Waals surface area contributed by atoms with Crippen LogP contribution in [0.25, 0.3) is 0 Å². The SMILES string of the molecule is C=CCN(CC(=O)N(Cc1ccco1)C[C@H]1CCCO1)C(=O)C1CC1. The van der Waals surface area contributed by atoms with Crippen LogP contribution in [0.1, 0.15) is 31.4 Å². The van der Waals surface area contributed by atoms with Crippen LogP contribution in [-0.4, -0.2) is 54.0 Å². The maximum Gasteiger partial charge on any atom is 0.242 e. The zero-order valence-corrected chi connectivity index (χ0v) is 14.6. The van der Waals surface area contributed by atoms with Crippen LogP contribution in [0, 0.1) is 5.92 Å². The van der Waals surface area contributed by atoms with Crippen molar-refractivity contribution in [3.63, 3.8) is 0 Å². The van der Waals surface area contributed by atoms with Crippen LogP contribution < -0.4 is 0 Å². The second-order valence-electron chi connectivity index (χ2n) is 6.77. The Morgan fingerprint density at radius 1 is 1.28 bits per heavy atom. The van der Waals surface area contributed by atoms with Gasteiger partial charge in [0.15, 0.2) is 0 Å². The van der Waals surface area contributed by atoms with E-state index in [-0.39, 0.29) is 30.4 Å². The van der Waals surface area contributed by atoms with Crippen molar-refractivity contribution in [2.75, 3.05) is 26.2 Å². The molecule has 0 aromatic carbocycles. The van der Waals surface area contributed by atoms with Crippen molar-refractivity contribution >= 4 is 11.8 Å². The van der Waals surface area contributed by atoms with Gasteiger partial charge in [-0.3, -0.25) is 9.59 Å². The first-order chi connectivity index (χ1) is 12.2. The standard InChI is InChI=1S/C19H26N2O4/c1-2-9-20(19(23)15-7-8-15)14-18(22)21(12-16-5-3-10-24-16)13-17-6-4-11-25-17/h2-3,5,10,15,17H,1,4,6-9,11-14H2/t17-/m1/s1. The van der Waals surface area contributed by atoms with Gasteiger partial charge in [-0.25, -0.2) is 0 Å². The molecule has 2 amide bonds. The molecule has 0 bridgehead atoms. The van der Waals surface area contributed by atoms with Gasteiger partial charge in [-0.15, -0.1) is 6.58 Å². The number of carbonyl (C=O) groups excluding carboxylic acids is 2. The zero-order chi connectivity index (χ0) is 17.6. The first-order valence-corrected chi connectivity index (χ1v) is 8.99. The van der Waals surface area contributed by atoms with Crippen molar-refractivity contribution in [2.45, 2.75) is 38.3 Å². The van der Waals surface area contributed by atoms with Crippen molar-refractivity contribution in [3.05, 3.63) is 36.8 Å². The molecule has 6 heteroatoms. The van der Waals surface area contributed by atoms with Gasteiger partial charge in [-0.05, 0) is 37.8 Å². The van der Waals surface area contributed by atoms with E-state index in [1.807, 2.05) is 12.1 Å². The van der Waals surface area contributed by atoms with Crippen LogP contribution in [-0.2, 0) is 20.9 Å². The topological polar surface area (TPSA) is 63.0 Å². The third-order valence-corrected chi connectivity index (χ3v) is 4.64. The lowest BCUT2D eigenvalue weighted by Gasteiger charge is -2.28. The fourth-order valence-electron chi connectivity index (χ4n) is 3.12. The van der Waals surface area contributed by atoms with E-state index in [4.69, 9.17) is 9.15 Å². The van der Waals surface area contributed by atoms with Gasteiger partial charge in [0.2, 0.25) is 11.8 Å². The molecule has 2 aliphatic rings. The summed E-state index contributed by atoms with van der Waals surface area (Å²) in [5.74, 6) is 0.797. The van der Waals surface area contributed by atoms with Crippen molar-refractivity contribution in [1.29, 1.82) is 0 Å². The van der Waals surface area contributed by atoms with Gasteiger partial charge < -0.3 is 19.0 Å². The van der Waals surface area contributed by atoms with Crippen LogP contribution in [0.15, 0.2) is 35.5 Å². The Labute approximate surface area is 148 Å². The third-order valence-electron chi connectivity index (χ3n) is 4.64. The molecule has 1 atom stereocenters. The molecule has 0 unspecified atom stereocenters. The minimum Gasteiger partial charge on any atom is -0.467 e. The van der Waals surface area contributed by atoms with Crippen LogP contribution >= 0.6 is 0 Å². The summed E-state index contributed by atoms with van der Waals surface area (Å²) in [5, 5.41) is 0. The molecule has 1 aromatic rings. The van der Waals surface area contributed by atoms with E-state index in [0.717, 1.165) is 38.1 Å². The maximum absolute atomic E-state index is 12.9. The normalized spacial score (nSPS) is 19.6. The second kappa shape index (κ2) is 8.34. The molecule has 1 aliphatic heterocycles. The summed E-state index contributed by atoms with van der Waals surface area (Å²) in [5.41, 5.74) is 0. The van der Waals surface area contributed by atoms with Crippen molar-refractivity contribution in [3.8, 4) is 0 Å². The predicted molar refractivity (Wildman–Crippen MR) is 92.6 cm³/mol. The molecular formula is C19H26N2O4. The summed E-state index contributed by atoms with van der Waals surface area (Å²) in [6.45, 7) is 5.85. The molecule has 2 heterocycles. The first-order valence-electron chi connectivity index (χ1n) is 8.99. The minimum atomic E-state index is -0.0808. The highest BCUT2D eigenvalue weighted by molar-refractivity contribution is 5.87. The number of rotatable bonds is 9. The fourth-order valence-corrected chi connectivity index (χ4v) is 3.12. The molecule has 1 saturated heterocycles. The predicted octanol–water partition coefficient (Wildman–Crippen LogP) is 2.21. The van der Waals surface area contributed by atoms with Gasteiger partial charge in [0.25, 0.3) is 0 Å². The van der Waals surface area contributed by atoms with E-state index in [9.17, 15) is 9.59 Å². The molecule has 1 aromatic heterocycles. The lowest BCUT2D eigenvalue weighted by atomic mass is 10.2. The smallest absolute Gasteiger partial charge is 0.242 e. The minimum absolute atomic E-state index is 0.0586. The number of carbonyl (C=O) groups is 2. The molecule has 2 fully saturated rings. The highest BCUT2D eigenvalue weighted by Gasteiger charge is 2.34. The summed E-state index contributed by atoms with van der Waals surface area (Å²) >= 11 is 0. The van der Waals surface area contributed by atoms with E-state index in [2.05, 4.69) is 6.58 Å². The number of nitrogens with zero attached hydrogens (tertiary/aromatic N) is 2. The van der Waals surface area contributed by atoms with E-state index in [0.29, 0.717) is 19.6 Å². The molecule has 136 valence electrons. The van der Waals surface area contributed by atoms with Crippen LogP contribution in [0.5, 0.6) is 0 Å². The average Bonchev–Trinajstić information content (AvgIpc) is 3.08. The summed E-state index contributed by atoms with van der Waals surface area (Å²) in [7, 11) is 0. The Kier molecular flexibility index (Phi) is 5.91. The molecule has 0 radical (unpaired) electrons. The summed E-state index contributed by atoms with van der Waals surface area (Å²) in [6.07, 6.45) is 7.16. The molecule has 1 aliphatic carbocycles. The Balaban J connectivity index is 1.65. The monoisotopic (exact) mass is 346 g/mol. The molecule has 0 N–H and O–H groups in total. The molecule has 0 spiro atoms. The van der Waals surface area contributed by atoms with Gasteiger partial charge in [0.1, 0.15) is 12.3 Å².